The molecule has 2 aromatic rings. The number of aliphatic hydroxyl groups excluding tert-OH is 1. The lowest BCUT2D eigenvalue weighted by Crippen LogP contribution is -2.15. The van der Waals surface area contributed by atoms with Crippen molar-refractivity contribution >= 4 is 11.3 Å². The molecular weight excluding hydrogens is 282 g/mol. The van der Waals surface area contributed by atoms with Crippen molar-refractivity contribution in [3.05, 3.63) is 45.9 Å². The molecule has 1 aromatic carbocycles. The van der Waals surface area contributed by atoms with Crippen LogP contribution in [0.1, 0.15) is 37.0 Å². The van der Waals surface area contributed by atoms with E-state index in [1.54, 1.807) is 18.4 Å². The fraction of sp³-hybridized carbons (Fsp3) is 0.471. The molecule has 1 N–H and O–H groups in total. The molecule has 1 unspecified atom stereocenters. The Morgan fingerprint density at radius 2 is 2.05 bits per heavy atom. The highest BCUT2D eigenvalue weighted by atomic mass is 32.1. The third kappa shape index (κ3) is 4.55. The second kappa shape index (κ2) is 6.58. The summed E-state index contributed by atoms with van der Waals surface area (Å²) in [6, 6.07) is 7.83. The summed E-state index contributed by atoms with van der Waals surface area (Å²) in [5, 5.41) is 13.3. The molecule has 0 saturated carbocycles. The molecule has 0 amide bonds. The number of aliphatic hydroxyl groups is 1. The first-order valence-corrected chi connectivity index (χ1v) is 8.02. The first kappa shape index (κ1) is 16.0. The summed E-state index contributed by atoms with van der Waals surface area (Å²) in [6.07, 6.45) is 0.788. The van der Waals surface area contributed by atoms with Gasteiger partial charge in [-0.05, 0) is 24.1 Å². The Balaban J connectivity index is 1.98. The standard InChI is InChI=1S/C17H23NO2S/c1-17(2,3)15-11-21-16(18-15)10-13(19)8-12-6-5-7-14(9-12)20-4/h5-7,9,11,13,19H,8,10H2,1-4H3. The molecule has 0 bridgehead atoms. The maximum atomic E-state index is 10.3. The van der Waals surface area contributed by atoms with E-state index in [0.717, 1.165) is 22.0 Å². The van der Waals surface area contributed by atoms with Gasteiger partial charge in [-0.2, -0.15) is 0 Å². The lowest BCUT2D eigenvalue weighted by Gasteiger charge is -2.14. The second-order valence-electron chi connectivity index (χ2n) is 6.29. The van der Waals surface area contributed by atoms with Crippen LogP contribution in [0.5, 0.6) is 5.75 Å². The van der Waals surface area contributed by atoms with Crippen molar-refractivity contribution in [2.75, 3.05) is 7.11 Å². The van der Waals surface area contributed by atoms with Gasteiger partial charge in [0.2, 0.25) is 0 Å². The van der Waals surface area contributed by atoms with E-state index in [1.807, 2.05) is 24.3 Å². The minimum atomic E-state index is -0.420. The molecule has 0 aliphatic heterocycles. The van der Waals surface area contributed by atoms with Crippen molar-refractivity contribution in [3.8, 4) is 5.75 Å². The molecule has 0 saturated heterocycles. The van der Waals surface area contributed by atoms with Crippen LogP contribution in [0.2, 0.25) is 0 Å². The monoisotopic (exact) mass is 305 g/mol. The fourth-order valence-electron chi connectivity index (χ4n) is 2.09. The number of methoxy groups -OCH3 is 1. The van der Waals surface area contributed by atoms with Gasteiger partial charge in [-0.3, -0.25) is 0 Å². The van der Waals surface area contributed by atoms with Crippen LogP contribution in [0, 0.1) is 0 Å². The van der Waals surface area contributed by atoms with Crippen molar-refractivity contribution in [1.82, 2.24) is 4.98 Å². The predicted octanol–water partition coefficient (Wildman–Crippen LogP) is 3.60. The van der Waals surface area contributed by atoms with Crippen LogP contribution >= 0.6 is 11.3 Å². The van der Waals surface area contributed by atoms with E-state index in [2.05, 4.69) is 31.1 Å². The molecule has 3 nitrogen and oxygen atoms in total. The zero-order chi connectivity index (χ0) is 15.5. The van der Waals surface area contributed by atoms with Gasteiger partial charge in [0, 0.05) is 17.2 Å². The van der Waals surface area contributed by atoms with Gasteiger partial charge in [-0.25, -0.2) is 4.98 Å². The van der Waals surface area contributed by atoms with Gasteiger partial charge in [-0.15, -0.1) is 11.3 Å². The normalized spacial score (nSPS) is 13.2. The summed E-state index contributed by atoms with van der Waals surface area (Å²) in [5.74, 6) is 0.823. The van der Waals surface area contributed by atoms with Crippen LogP contribution in [0.4, 0.5) is 0 Å². The average molecular weight is 305 g/mol. The lowest BCUT2D eigenvalue weighted by atomic mass is 9.93. The van der Waals surface area contributed by atoms with Gasteiger partial charge in [0.05, 0.1) is 23.9 Å². The number of benzene rings is 1. The van der Waals surface area contributed by atoms with E-state index in [1.165, 1.54) is 0 Å². The Morgan fingerprint density at radius 1 is 1.29 bits per heavy atom. The first-order valence-electron chi connectivity index (χ1n) is 7.14. The summed E-state index contributed by atoms with van der Waals surface area (Å²) in [6.45, 7) is 6.45. The zero-order valence-corrected chi connectivity index (χ0v) is 13.9. The highest BCUT2D eigenvalue weighted by molar-refractivity contribution is 7.09. The summed E-state index contributed by atoms with van der Waals surface area (Å²) in [4.78, 5) is 4.63. The Morgan fingerprint density at radius 3 is 2.67 bits per heavy atom. The predicted molar refractivity (Wildman–Crippen MR) is 87.2 cm³/mol. The minimum Gasteiger partial charge on any atom is -0.497 e. The molecule has 0 aliphatic rings. The fourth-order valence-corrected chi connectivity index (χ4v) is 3.19. The molecule has 2 rings (SSSR count). The number of hydrogen-bond donors (Lipinski definition) is 1. The van der Waals surface area contributed by atoms with E-state index >= 15 is 0 Å². The van der Waals surface area contributed by atoms with E-state index < -0.39 is 6.10 Å². The molecule has 1 aromatic heterocycles. The summed E-state index contributed by atoms with van der Waals surface area (Å²) >= 11 is 1.63. The number of nitrogens with zero attached hydrogens (tertiary/aromatic N) is 1. The van der Waals surface area contributed by atoms with Crippen LogP contribution in [-0.4, -0.2) is 23.3 Å². The largest absolute Gasteiger partial charge is 0.497 e. The van der Waals surface area contributed by atoms with Gasteiger partial charge in [0.1, 0.15) is 5.75 Å². The zero-order valence-electron chi connectivity index (χ0n) is 13.1. The third-order valence-corrected chi connectivity index (χ3v) is 4.21. The van der Waals surface area contributed by atoms with Crippen molar-refractivity contribution in [1.29, 1.82) is 0 Å². The molecule has 0 radical (unpaired) electrons. The molecule has 1 atom stereocenters. The number of rotatable bonds is 5. The van der Waals surface area contributed by atoms with Gasteiger partial charge in [-0.1, -0.05) is 32.9 Å². The van der Waals surface area contributed by atoms with Crippen LogP contribution in [0.25, 0.3) is 0 Å². The van der Waals surface area contributed by atoms with Gasteiger partial charge in [0.15, 0.2) is 0 Å². The van der Waals surface area contributed by atoms with Gasteiger partial charge in [0.25, 0.3) is 0 Å². The molecule has 0 spiro atoms. The highest BCUT2D eigenvalue weighted by Crippen LogP contribution is 2.25. The molecule has 114 valence electrons. The van der Waals surface area contributed by atoms with Crippen LogP contribution in [0.3, 0.4) is 0 Å². The number of hydrogen-bond acceptors (Lipinski definition) is 4. The van der Waals surface area contributed by atoms with Crippen LogP contribution in [0.15, 0.2) is 29.6 Å². The Labute approximate surface area is 130 Å². The lowest BCUT2D eigenvalue weighted by molar-refractivity contribution is 0.175. The van der Waals surface area contributed by atoms with E-state index in [4.69, 9.17) is 4.74 Å². The maximum Gasteiger partial charge on any atom is 0.119 e. The van der Waals surface area contributed by atoms with E-state index in [9.17, 15) is 5.11 Å². The quantitative estimate of drug-likeness (QED) is 0.918. The third-order valence-electron chi connectivity index (χ3n) is 3.34. The second-order valence-corrected chi connectivity index (χ2v) is 7.23. The topological polar surface area (TPSA) is 42.4 Å². The Bertz CT molecular complexity index is 586. The SMILES string of the molecule is COc1cccc(CC(O)Cc2nc(C(C)(C)C)cs2)c1. The van der Waals surface area contributed by atoms with Crippen molar-refractivity contribution in [3.63, 3.8) is 0 Å². The minimum absolute atomic E-state index is 0.0620. The van der Waals surface area contributed by atoms with E-state index in [0.29, 0.717) is 12.8 Å². The summed E-state index contributed by atoms with van der Waals surface area (Å²) in [5.41, 5.74) is 2.23. The average Bonchev–Trinajstić information content (AvgIpc) is 2.87. The van der Waals surface area contributed by atoms with Crippen molar-refractivity contribution < 1.29 is 9.84 Å². The molecule has 0 fully saturated rings. The highest BCUT2D eigenvalue weighted by Gasteiger charge is 2.18. The van der Waals surface area contributed by atoms with Gasteiger partial charge < -0.3 is 9.84 Å². The molecule has 1 heterocycles. The number of aromatic nitrogens is 1. The summed E-state index contributed by atoms with van der Waals surface area (Å²) in [7, 11) is 1.65. The van der Waals surface area contributed by atoms with Crippen molar-refractivity contribution in [2.24, 2.45) is 0 Å². The Kier molecular flexibility index (Phi) is 5.01. The number of thiazole rings is 1. The maximum absolute atomic E-state index is 10.3. The number of ether oxygens (including phenoxy) is 1. The smallest absolute Gasteiger partial charge is 0.119 e. The van der Waals surface area contributed by atoms with Crippen LogP contribution < -0.4 is 4.74 Å². The first-order chi connectivity index (χ1) is 9.88. The van der Waals surface area contributed by atoms with Crippen molar-refractivity contribution in [2.45, 2.75) is 45.1 Å². The molecular formula is C17H23NO2S. The van der Waals surface area contributed by atoms with Crippen LogP contribution in [-0.2, 0) is 18.3 Å². The molecule has 0 aliphatic carbocycles. The molecule has 21 heavy (non-hydrogen) atoms. The van der Waals surface area contributed by atoms with E-state index in [-0.39, 0.29) is 5.41 Å². The Hall–Kier alpha value is -1.39. The summed E-state index contributed by atoms with van der Waals surface area (Å²) < 4.78 is 5.20. The molecule has 4 heteroatoms. The van der Waals surface area contributed by atoms with Gasteiger partial charge >= 0.3 is 0 Å².